The number of anilines is 1. The molecule has 5 nitrogen and oxygen atoms in total. The highest BCUT2D eigenvalue weighted by atomic mass is 35.5. The Morgan fingerprint density at radius 2 is 2.16 bits per heavy atom. The number of hydrogen-bond donors (Lipinski definition) is 1. The van der Waals surface area contributed by atoms with Gasteiger partial charge in [-0.15, -0.1) is 0 Å². The minimum absolute atomic E-state index is 0.144. The van der Waals surface area contributed by atoms with E-state index in [-0.39, 0.29) is 5.91 Å². The Morgan fingerprint density at radius 1 is 1.36 bits per heavy atom. The summed E-state index contributed by atoms with van der Waals surface area (Å²) in [5.41, 5.74) is 1.64. The maximum absolute atomic E-state index is 12.4. The fourth-order valence-electron chi connectivity index (χ4n) is 3.13. The van der Waals surface area contributed by atoms with Crippen LogP contribution in [0.5, 0.6) is 5.75 Å². The van der Waals surface area contributed by atoms with Gasteiger partial charge in [0.1, 0.15) is 5.75 Å². The molecule has 2 heterocycles. The lowest BCUT2D eigenvalue weighted by molar-refractivity contribution is 0.0942. The van der Waals surface area contributed by atoms with Crippen molar-refractivity contribution < 1.29 is 9.53 Å². The topological polar surface area (TPSA) is 54.5 Å². The standard InChI is InChI=1S/C19H22ClN3O2/c1-25-18-5-4-15(20)11-17(18)19(24)22-12-14-6-9-23(10-7-14)16-3-2-8-21-13-16/h2-5,8,11,13-14H,6-7,9-10,12H2,1H3,(H,22,24). The van der Waals surface area contributed by atoms with Crippen LogP contribution in [0.15, 0.2) is 42.7 Å². The summed E-state index contributed by atoms with van der Waals surface area (Å²) >= 11 is 5.99. The molecule has 2 aromatic rings. The number of piperidine rings is 1. The van der Waals surface area contributed by atoms with E-state index < -0.39 is 0 Å². The van der Waals surface area contributed by atoms with Crippen LogP contribution < -0.4 is 15.0 Å². The van der Waals surface area contributed by atoms with Crippen molar-refractivity contribution in [2.24, 2.45) is 5.92 Å². The van der Waals surface area contributed by atoms with Gasteiger partial charge in [0.05, 0.1) is 24.6 Å². The zero-order valence-electron chi connectivity index (χ0n) is 14.2. The molecule has 1 saturated heterocycles. The van der Waals surface area contributed by atoms with Crippen LogP contribution >= 0.6 is 11.6 Å². The number of halogens is 1. The molecule has 3 rings (SSSR count). The average Bonchev–Trinajstić information content (AvgIpc) is 2.67. The summed E-state index contributed by atoms with van der Waals surface area (Å²) in [6, 6.07) is 9.11. The summed E-state index contributed by atoms with van der Waals surface area (Å²) in [6.45, 7) is 2.62. The first-order chi connectivity index (χ1) is 12.2. The van der Waals surface area contributed by atoms with Crippen LogP contribution in [0.4, 0.5) is 5.69 Å². The summed E-state index contributed by atoms with van der Waals surface area (Å²) < 4.78 is 5.24. The fourth-order valence-corrected chi connectivity index (χ4v) is 3.30. The van der Waals surface area contributed by atoms with Gasteiger partial charge >= 0.3 is 0 Å². The van der Waals surface area contributed by atoms with Crippen LogP contribution in [0.25, 0.3) is 0 Å². The van der Waals surface area contributed by atoms with E-state index in [2.05, 4.69) is 21.3 Å². The van der Waals surface area contributed by atoms with E-state index in [0.717, 1.165) is 31.6 Å². The molecule has 6 heteroatoms. The Kier molecular flexibility index (Phi) is 5.76. The van der Waals surface area contributed by atoms with E-state index in [1.807, 2.05) is 12.3 Å². The number of nitrogens with zero attached hydrogens (tertiary/aromatic N) is 2. The van der Waals surface area contributed by atoms with Crippen molar-refractivity contribution >= 4 is 23.2 Å². The van der Waals surface area contributed by atoms with Gasteiger partial charge in [-0.1, -0.05) is 11.6 Å². The van der Waals surface area contributed by atoms with Gasteiger partial charge in [-0.25, -0.2) is 0 Å². The molecule has 132 valence electrons. The second-order valence-corrected chi connectivity index (χ2v) is 6.63. The highest BCUT2D eigenvalue weighted by molar-refractivity contribution is 6.31. The van der Waals surface area contributed by atoms with Crippen LogP contribution in [-0.4, -0.2) is 37.6 Å². The third-order valence-corrected chi connectivity index (χ3v) is 4.82. The highest BCUT2D eigenvalue weighted by Gasteiger charge is 2.21. The van der Waals surface area contributed by atoms with Crippen molar-refractivity contribution in [3.63, 3.8) is 0 Å². The van der Waals surface area contributed by atoms with E-state index >= 15 is 0 Å². The van der Waals surface area contributed by atoms with Gasteiger partial charge < -0.3 is 15.0 Å². The summed E-state index contributed by atoms with van der Waals surface area (Å²) in [6.07, 6.45) is 5.77. The maximum atomic E-state index is 12.4. The Hall–Kier alpha value is -2.27. The summed E-state index contributed by atoms with van der Waals surface area (Å²) in [5.74, 6) is 0.865. The normalized spacial score (nSPS) is 15.0. The van der Waals surface area contributed by atoms with Gasteiger partial charge in [0, 0.05) is 30.9 Å². The van der Waals surface area contributed by atoms with Crippen LogP contribution in [0.2, 0.25) is 5.02 Å². The van der Waals surface area contributed by atoms with E-state index in [4.69, 9.17) is 16.3 Å². The molecule has 1 fully saturated rings. The third-order valence-electron chi connectivity index (χ3n) is 4.58. The molecule has 0 saturated carbocycles. The van der Waals surface area contributed by atoms with Crippen LogP contribution in [0.1, 0.15) is 23.2 Å². The second kappa shape index (κ2) is 8.21. The molecule has 1 amide bonds. The smallest absolute Gasteiger partial charge is 0.255 e. The summed E-state index contributed by atoms with van der Waals surface area (Å²) in [5, 5.41) is 3.54. The Bertz CT molecular complexity index is 716. The number of aromatic nitrogens is 1. The first kappa shape index (κ1) is 17.5. The van der Waals surface area contributed by atoms with Crippen LogP contribution in [0, 0.1) is 5.92 Å². The summed E-state index contributed by atoms with van der Waals surface area (Å²) in [4.78, 5) is 18.9. The van der Waals surface area contributed by atoms with Gasteiger partial charge in [0.25, 0.3) is 5.91 Å². The van der Waals surface area contributed by atoms with Crippen LogP contribution in [0.3, 0.4) is 0 Å². The van der Waals surface area contributed by atoms with Gasteiger partial charge in [-0.3, -0.25) is 9.78 Å². The van der Waals surface area contributed by atoms with E-state index in [0.29, 0.717) is 28.8 Å². The van der Waals surface area contributed by atoms with E-state index in [9.17, 15) is 4.79 Å². The molecule has 0 radical (unpaired) electrons. The fraction of sp³-hybridized carbons (Fsp3) is 0.368. The average molecular weight is 360 g/mol. The first-order valence-corrected chi connectivity index (χ1v) is 8.82. The molecule has 0 aliphatic carbocycles. The lowest BCUT2D eigenvalue weighted by Crippen LogP contribution is -2.38. The predicted octanol–water partition coefficient (Wildman–Crippen LogP) is 3.39. The Morgan fingerprint density at radius 3 is 2.84 bits per heavy atom. The van der Waals surface area contributed by atoms with Crippen molar-refractivity contribution in [2.45, 2.75) is 12.8 Å². The number of pyridine rings is 1. The second-order valence-electron chi connectivity index (χ2n) is 6.20. The largest absolute Gasteiger partial charge is 0.496 e. The third kappa shape index (κ3) is 4.42. The molecule has 0 atom stereocenters. The molecule has 0 unspecified atom stereocenters. The number of amides is 1. The molecule has 1 aromatic carbocycles. The van der Waals surface area contributed by atoms with E-state index in [1.54, 1.807) is 31.5 Å². The molecule has 1 aliphatic heterocycles. The zero-order valence-corrected chi connectivity index (χ0v) is 15.0. The highest BCUT2D eigenvalue weighted by Crippen LogP contribution is 2.24. The van der Waals surface area contributed by atoms with Crippen molar-refractivity contribution in [2.75, 3.05) is 31.6 Å². The quantitative estimate of drug-likeness (QED) is 0.889. The van der Waals surface area contributed by atoms with Gasteiger partial charge in [0.15, 0.2) is 0 Å². The van der Waals surface area contributed by atoms with Crippen molar-refractivity contribution in [3.05, 3.63) is 53.3 Å². The number of benzene rings is 1. The van der Waals surface area contributed by atoms with Gasteiger partial charge in [-0.2, -0.15) is 0 Å². The molecule has 0 bridgehead atoms. The van der Waals surface area contributed by atoms with Crippen molar-refractivity contribution in [1.29, 1.82) is 0 Å². The molecule has 1 aromatic heterocycles. The van der Waals surface area contributed by atoms with E-state index in [1.165, 1.54) is 0 Å². The molecular formula is C19H22ClN3O2. The lowest BCUT2D eigenvalue weighted by atomic mass is 9.96. The molecule has 1 N–H and O–H groups in total. The number of ether oxygens (including phenoxy) is 1. The lowest BCUT2D eigenvalue weighted by Gasteiger charge is -2.33. The minimum Gasteiger partial charge on any atom is -0.496 e. The number of methoxy groups -OCH3 is 1. The monoisotopic (exact) mass is 359 g/mol. The predicted molar refractivity (Wildman–Crippen MR) is 99.5 cm³/mol. The summed E-state index contributed by atoms with van der Waals surface area (Å²) in [7, 11) is 1.55. The first-order valence-electron chi connectivity index (χ1n) is 8.44. The van der Waals surface area contributed by atoms with Crippen molar-refractivity contribution in [3.8, 4) is 5.75 Å². The molecule has 25 heavy (non-hydrogen) atoms. The maximum Gasteiger partial charge on any atom is 0.255 e. The number of carbonyl (C=O) groups is 1. The SMILES string of the molecule is COc1ccc(Cl)cc1C(=O)NCC1CCN(c2cccnc2)CC1. The number of hydrogen-bond acceptors (Lipinski definition) is 4. The number of nitrogens with one attached hydrogen (secondary N) is 1. The van der Waals surface area contributed by atoms with Crippen molar-refractivity contribution in [1.82, 2.24) is 10.3 Å². The molecular weight excluding hydrogens is 338 g/mol. The Labute approximate surface area is 153 Å². The zero-order chi connectivity index (χ0) is 17.6. The number of rotatable bonds is 5. The van der Waals surface area contributed by atoms with Gasteiger partial charge in [0.2, 0.25) is 0 Å². The van der Waals surface area contributed by atoms with Crippen LogP contribution in [-0.2, 0) is 0 Å². The Balaban J connectivity index is 1.52. The van der Waals surface area contributed by atoms with Gasteiger partial charge in [-0.05, 0) is 49.1 Å². The minimum atomic E-state index is -0.144. The molecule has 0 spiro atoms. The molecule has 1 aliphatic rings. The number of carbonyl (C=O) groups excluding carboxylic acids is 1.